The number of para-hydroxylation sites is 2. The summed E-state index contributed by atoms with van der Waals surface area (Å²) in [5.74, 6) is 0. The minimum Gasteiger partial charge on any atom is -0.295 e. The lowest BCUT2D eigenvalue weighted by molar-refractivity contribution is 0.987. The van der Waals surface area contributed by atoms with E-state index in [0.29, 0.717) is 5.25 Å². The largest absolute Gasteiger partial charge is 0.295 e. The minimum absolute atomic E-state index is 0.445. The summed E-state index contributed by atoms with van der Waals surface area (Å²) in [6.07, 6.45) is 11.5. The normalized spacial score (nSPS) is 16.1. The molecule has 0 radical (unpaired) electrons. The molecule has 6 heteroatoms. The van der Waals surface area contributed by atoms with Gasteiger partial charge in [-0.2, -0.15) is 11.8 Å². The standard InChI is InChI=1S/C28H21N5S/c1-34-20-12-7-11-19(17-20)33-23-15-8-16-29-25(23)26-28(33)30-24-21-13-5-6-14-22(21)32(27(24)31-26)18-9-3-2-4-10-18/h2-16,20H,17H2,1H3. The Balaban J connectivity index is 1.63. The summed E-state index contributed by atoms with van der Waals surface area (Å²) < 4.78 is 4.46. The fourth-order valence-corrected chi connectivity index (χ4v) is 5.60. The van der Waals surface area contributed by atoms with Crippen LogP contribution in [-0.4, -0.2) is 35.6 Å². The summed E-state index contributed by atoms with van der Waals surface area (Å²) in [4.78, 5) is 15.3. The molecule has 0 bridgehead atoms. The Morgan fingerprint density at radius 1 is 0.794 bits per heavy atom. The van der Waals surface area contributed by atoms with Crippen molar-refractivity contribution >= 4 is 61.7 Å². The lowest BCUT2D eigenvalue weighted by atomic mass is 10.1. The maximum atomic E-state index is 5.28. The highest BCUT2D eigenvalue weighted by Gasteiger charge is 2.23. The van der Waals surface area contributed by atoms with Gasteiger partial charge in [-0.15, -0.1) is 0 Å². The Bertz CT molecular complexity index is 1780. The van der Waals surface area contributed by atoms with Crippen LogP contribution in [0.15, 0.2) is 91.2 Å². The van der Waals surface area contributed by atoms with Gasteiger partial charge in [0.05, 0.1) is 11.0 Å². The third-order valence-corrected chi connectivity index (χ3v) is 7.49. The number of fused-ring (bicyclic) bond motifs is 6. The third kappa shape index (κ3) is 2.78. The fraction of sp³-hybridized carbons (Fsp3) is 0.107. The van der Waals surface area contributed by atoms with E-state index in [2.05, 4.69) is 88.2 Å². The van der Waals surface area contributed by atoms with Crippen LogP contribution >= 0.6 is 11.8 Å². The highest BCUT2D eigenvalue weighted by Crippen LogP contribution is 2.36. The van der Waals surface area contributed by atoms with Crippen molar-refractivity contribution in [3.8, 4) is 5.69 Å². The number of rotatable bonds is 3. The number of hydrogen-bond donors (Lipinski definition) is 0. The average Bonchev–Trinajstić information content (AvgIpc) is 3.40. The van der Waals surface area contributed by atoms with Crippen molar-refractivity contribution in [1.82, 2.24) is 24.1 Å². The Labute approximate surface area is 200 Å². The monoisotopic (exact) mass is 459 g/mol. The van der Waals surface area contributed by atoms with Gasteiger partial charge in [0.25, 0.3) is 0 Å². The molecule has 34 heavy (non-hydrogen) atoms. The Kier molecular flexibility index (Phi) is 4.35. The maximum absolute atomic E-state index is 5.28. The molecule has 0 saturated heterocycles. The van der Waals surface area contributed by atoms with E-state index in [9.17, 15) is 0 Å². The summed E-state index contributed by atoms with van der Waals surface area (Å²) in [6, 6.07) is 22.9. The van der Waals surface area contributed by atoms with Crippen LogP contribution in [0.3, 0.4) is 0 Å². The van der Waals surface area contributed by atoms with Gasteiger partial charge in [0.2, 0.25) is 0 Å². The molecule has 0 aliphatic heterocycles. The van der Waals surface area contributed by atoms with E-state index in [-0.39, 0.29) is 0 Å². The molecule has 1 aliphatic rings. The molecule has 0 spiro atoms. The lowest BCUT2D eigenvalue weighted by Crippen LogP contribution is -2.08. The summed E-state index contributed by atoms with van der Waals surface area (Å²) in [6.45, 7) is 0. The zero-order chi connectivity index (χ0) is 22.6. The van der Waals surface area contributed by atoms with Crippen molar-refractivity contribution in [2.24, 2.45) is 0 Å². The van der Waals surface area contributed by atoms with Crippen LogP contribution < -0.4 is 0 Å². The molecular weight excluding hydrogens is 438 g/mol. The lowest BCUT2D eigenvalue weighted by Gasteiger charge is -2.18. The van der Waals surface area contributed by atoms with Crippen molar-refractivity contribution in [3.63, 3.8) is 0 Å². The van der Waals surface area contributed by atoms with E-state index in [0.717, 1.165) is 56.4 Å². The molecule has 7 rings (SSSR count). The third-order valence-electron chi connectivity index (χ3n) is 6.56. The molecule has 6 aromatic rings. The second-order valence-corrected chi connectivity index (χ2v) is 9.56. The first kappa shape index (κ1) is 19.6. The molecule has 5 nitrogen and oxygen atoms in total. The number of hydrogen-bond acceptors (Lipinski definition) is 4. The highest BCUT2D eigenvalue weighted by molar-refractivity contribution is 7.99. The first-order chi connectivity index (χ1) is 16.8. The van der Waals surface area contributed by atoms with Crippen LogP contribution in [0.2, 0.25) is 0 Å². The van der Waals surface area contributed by atoms with Gasteiger partial charge in [-0.1, -0.05) is 48.6 Å². The molecule has 4 heterocycles. The van der Waals surface area contributed by atoms with Crippen LogP contribution in [0.1, 0.15) is 6.42 Å². The highest BCUT2D eigenvalue weighted by atomic mass is 32.2. The first-order valence-corrected chi connectivity index (χ1v) is 12.6. The number of nitrogens with zero attached hydrogens (tertiary/aromatic N) is 5. The van der Waals surface area contributed by atoms with Gasteiger partial charge >= 0.3 is 0 Å². The predicted molar refractivity (Wildman–Crippen MR) is 143 cm³/mol. The van der Waals surface area contributed by atoms with E-state index < -0.39 is 0 Å². The zero-order valence-electron chi connectivity index (χ0n) is 18.6. The molecule has 0 saturated carbocycles. The van der Waals surface area contributed by atoms with Crippen LogP contribution in [-0.2, 0) is 0 Å². The van der Waals surface area contributed by atoms with Gasteiger partial charge in [0.1, 0.15) is 16.6 Å². The van der Waals surface area contributed by atoms with Gasteiger partial charge in [-0.25, -0.2) is 9.97 Å². The van der Waals surface area contributed by atoms with Crippen LogP contribution in [0.5, 0.6) is 0 Å². The van der Waals surface area contributed by atoms with Crippen molar-refractivity contribution in [1.29, 1.82) is 0 Å². The smallest absolute Gasteiger partial charge is 0.166 e. The second-order valence-electron chi connectivity index (χ2n) is 8.48. The van der Waals surface area contributed by atoms with E-state index in [4.69, 9.17) is 15.0 Å². The molecule has 1 unspecified atom stereocenters. The van der Waals surface area contributed by atoms with Crippen molar-refractivity contribution in [2.75, 3.05) is 6.26 Å². The SMILES string of the molecule is CSC1C=CC=C(n2c3cccnc3c3nc4c(nc32)c2ccccc2n4-c2ccccc2)C1. The van der Waals surface area contributed by atoms with Gasteiger partial charge in [-0.3, -0.25) is 14.1 Å². The second kappa shape index (κ2) is 7.57. The van der Waals surface area contributed by atoms with E-state index in [1.165, 1.54) is 5.70 Å². The minimum atomic E-state index is 0.445. The molecule has 4 aromatic heterocycles. The number of pyridine rings is 1. The topological polar surface area (TPSA) is 48.5 Å². The number of aromatic nitrogens is 5. The quantitative estimate of drug-likeness (QED) is 0.299. The van der Waals surface area contributed by atoms with Crippen LogP contribution in [0.25, 0.3) is 55.6 Å². The molecule has 2 aromatic carbocycles. The van der Waals surface area contributed by atoms with Crippen molar-refractivity contribution in [2.45, 2.75) is 11.7 Å². The van der Waals surface area contributed by atoms with Crippen molar-refractivity contribution < 1.29 is 0 Å². The molecular formula is C28H21N5S. The first-order valence-electron chi connectivity index (χ1n) is 11.4. The average molecular weight is 460 g/mol. The van der Waals surface area contributed by atoms with E-state index in [1.807, 2.05) is 30.1 Å². The maximum Gasteiger partial charge on any atom is 0.166 e. The van der Waals surface area contributed by atoms with E-state index >= 15 is 0 Å². The Morgan fingerprint density at radius 2 is 1.56 bits per heavy atom. The molecule has 1 atom stereocenters. The zero-order valence-corrected chi connectivity index (χ0v) is 19.4. The summed E-state index contributed by atoms with van der Waals surface area (Å²) in [5.41, 5.74) is 8.76. The van der Waals surface area contributed by atoms with Crippen LogP contribution in [0, 0.1) is 0 Å². The number of thioether (sulfide) groups is 1. The van der Waals surface area contributed by atoms with Gasteiger partial charge in [-0.05, 0) is 42.7 Å². The number of allylic oxidation sites excluding steroid dienone is 3. The van der Waals surface area contributed by atoms with Gasteiger partial charge < -0.3 is 0 Å². The summed E-state index contributed by atoms with van der Waals surface area (Å²) >= 11 is 1.87. The van der Waals surface area contributed by atoms with Gasteiger partial charge in [0, 0.05) is 34.6 Å². The molecule has 0 N–H and O–H groups in total. The molecule has 164 valence electrons. The van der Waals surface area contributed by atoms with Crippen molar-refractivity contribution in [3.05, 3.63) is 91.2 Å². The van der Waals surface area contributed by atoms with Crippen LogP contribution in [0.4, 0.5) is 0 Å². The molecule has 0 amide bonds. The predicted octanol–water partition coefficient (Wildman–Crippen LogP) is 6.61. The fourth-order valence-electron chi connectivity index (χ4n) is 5.02. The summed E-state index contributed by atoms with van der Waals surface area (Å²) in [5, 5.41) is 1.54. The molecule has 1 aliphatic carbocycles. The Hall–Kier alpha value is -3.90. The molecule has 0 fully saturated rings. The number of benzene rings is 2. The Morgan fingerprint density at radius 3 is 2.44 bits per heavy atom. The summed E-state index contributed by atoms with van der Waals surface area (Å²) in [7, 11) is 0. The van der Waals surface area contributed by atoms with E-state index in [1.54, 1.807) is 0 Å². The van der Waals surface area contributed by atoms with Gasteiger partial charge in [0.15, 0.2) is 11.3 Å².